The molecular weight excluding hydrogens is 436 g/mol. The summed E-state index contributed by atoms with van der Waals surface area (Å²) in [7, 11) is 0. The van der Waals surface area contributed by atoms with Crippen molar-refractivity contribution in [3.05, 3.63) is 102 Å². The summed E-state index contributed by atoms with van der Waals surface area (Å²) in [6, 6.07) is 19.5. The lowest BCUT2D eigenvalue weighted by Crippen LogP contribution is -2.13. The van der Waals surface area contributed by atoms with Gasteiger partial charge in [-0.2, -0.15) is 0 Å². The van der Waals surface area contributed by atoms with Crippen LogP contribution in [-0.2, 0) is 0 Å². The lowest BCUT2D eigenvalue weighted by molar-refractivity contribution is 0.100. The maximum absolute atomic E-state index is 14.4. The Hall–Kier alpha value is -4.72. The first-order chi connectivity index (χ1) is 16.5. The van der Waals surface area contributed by atoms with Crippen molar-refractivity contribution < 1.29 is 13.6 Å². The van der Waals surface area contributed by atoms with Crippen LogP contribution in [0.5, 0.6) is 0 Å². The van der Waals surface area contributed by atoms with E-state index < -0.39 is 17.5 Å². The highest BCUT2D eigenvalue weighted by molar-refractivity contribution is 6.01. The van der Waals surface area contributed by atoms with E-state index in [1.807, 2.05) is 6.07 Å². The van der Waals surface area contributed by atoms with Gasteiger partial charge in [0, 0.05) is 28.9 Å². The zero-order valence-electron chi connectivity index (χ0n) is 17.7. The number of nitrogens with one attached hydrogen (secondary N) is 1. The van der Waals surface area contributed by atoms with E-state index >= 15 is 0 Å². The van der Waals surface area contributed by atoms with E-state index in [2.05, 4.69) is 20.3 Å². The summed E-state index contributed by atoms with van der Waals surface area (Å²) < 4.78 is 28.3. The highest BCUT2D eigenvalue weighted by Crippen LogP contribution is 2.32. The zero-order valence-corrected chi connectivity index (χ0v) is 17.7. The summed E-state index contributed by atoms with van der Waals surface area (Å²) in [4.78, 5) is 25.3. The lowest BCUT2D eigenvalue weighted by atomic mass is 10.0. The molecule has 1 amide bonds. The first kappa shape index (κ1) is 21.1. The SMILES string of the molecule is NC(=O)c1ccccc1Nc1nc(-c2cccnc2)nc2cc(-c3cccc(F)c3F)ccc12. The molecule has 0 saturated carbocycles. The van der Waals surface area contributed by atoms with Crippen molar-refractivity contribution in [3.63, 3.8) is 0 Å². The number of halogens is 2. The van der Waals surface area contributed by atoms with E-state index in [0.717, 1.165) is 6.07 Å². The first-order valence-corrected chi connectivity index (χ1v) is 10.3. The number of amides is 1. The number of anilines is 2. The summed E-state index contributed by atoms with van der Waals surface area (Å²) in [5.74, 6) is -1.66. The maximum atomic E-state index is 14.4. The molecule has 2 aromatic heterocycles. The van der Waals surface area contributed by atoms with E-state index in [0.29, 0.717) is 44.9 Å². The molecule has 34 heavy (non-hydrogen) atoms. The number of nitrogens with zero attached hydrogens (tertiary/aromatic N) is 3. The number of aromatic nitrogens is 3. The van der Waals surface area contributed by atoms with Crippen LogP contribution >= 0.6 is 0 Å². The van der Waals surface area contributed by atoms with Crippen molar-refractivity contribution in [1.29, 1.82) is 0 Å². The molecule has 0 radical (unpaired) electrons. The smallest absolute Gasteiger partial charge is 0.250 e. The largest absolute Gasteiger partial charge is 0.366 e. The molecule has 6 nitrogen and oxygen atoms in total. The number of rotatable bonds is 5. The van der Waals surface area contributed by atoms with E-state index in [1.165, 1.54) is 12.1 Å². The second-order valence-electron chi connectivity index (χ2n) is 7.51. The van der Waals surface area contributed by atoms with Crippen LogP contribution in [0.1, 0.15) is 10.4 Å². The second-order valence-corrected chi connectivity index (χ2v) is 7.51. The van der Waals surface area contributed by atoms with E-state index in [-0.39, 0.29) is 5.56 Å². The number of nitrogens with two attached hydrogens (primary N) is 1. The Kier molecular flexibility index (Phi) is 5.39. The molecule has 0 aliphatic rings. The Morgan fingerprint density at radius 3 is 2.53 bits per heavy atom. The molecule has 0 saturated heterocycles. The number of hydrogen-bond acceptors (Lipinski definition) is 5. The van der Waals surface area contributed by atoms with Crippen LogP contribution in [-0.4, -0.2) is 20.9 Å². The number of benzene rings is 3. The number of carbonyl (C=O) groups excluding carboxylic acids is 1. The van der Waals surface area contributed by atoms with Crippen LogP contribution in [0, 0.1) is 11.6 Å². The van der Waals surface area contributed by atoms with Crippen molar-refractivity contribution in [3.8, 4) is 22.5 Å². The van der Waals surface area contributed by atoms with E-state index in [9.17, 15) is 13.6 Å². The van der Waals surface area contributed by atoms with E-state index in [1.54, 1.807) is 60.9 Å². The number of fused-ring (bicyclic) bond motifs is 1. The van der Waals surface area contributed by atoms with Crippen LogP contribution in [0.15, 0.2) is 85.2 Å². The van der Waals surface area contributed by atoms with Gasteiger partial charge < -0.3 is 11.1 Å². The molecule has 0 aliphatic carbocycles. The van der Waals surface area contributed by atoms with Crippen LogP contribution in [0.2, 0.25) is 0 Å². The molecule has 0 atom stereocenters. The van der Waals surface area contributed by atoms with Gasteiger partial charge in [-0.25, -0.2) is 18.7 Å². The zero-order chi connectivity index (χ0) is 23.7. The van der Waals surface area contributed by atoms with Gasteiger partial charge in [-0.1, -0.05) is 30.3 Å². The number of carbonyl (C=O) groups is 1. The first-order valence-electron chi connectivity index (χ1n) is 10.3. The Morgan fingerprint density at radius 1 is 0.882 bits per heavy atom. The summed E-state index contributed by atoms with van der Waals surface area (Å²) in [5.41, 5.74) is 8.05. The van der Waals surface area contributed by atoms with Gasteiger partial charge in [0.15, 0.2) is 17.5 Å². The Morgan fingerprint density at radius 2 is 1.74 bits per heavy atom. The molecule has 5 aromatic rings. The third-order valence-electron chi connectivity index (χ3n) is 5.32. The fourth-order valence-corrected chi connectivity index (χ4v) is 3.68. The molecule has 5 rings (SSSR count). The average Bonchev–Trinajstić information content (AvgIpc) is 2.86. The van der Waals surface area contributed by atoms with Crippen molar-refractivity contribution in [2.45, 2.75) is 0 Å². The Balaban J connectivity index is 1.71. The Bertz CT molecular complexity index is 1540. The predicted octanol–water partition coefficient (Wildman–Crippen LogP) is 5.48. The van der Waals surface area contributed by atoms with Gasteiger partial charge >= 0.3 is 0 Å². The van der Waals surface area contributed by atoms with Crippen molar-refractivity contribution in [2.75, 3.05) is 5.32 Å². The summed E-state index contributed by atoms with van der Waals surface area (Å²) >= 11 is 0. The highest BCUT2D eigenvalue weighted by Gasteiger charge is 2.16. The minimum Gasteiger partial charge on any atom is -0.366 e. The summed E-state index contributed by atoms with van der Waals surface area (Å²) in [5, 5.41) is 3.80. The van der Waals surface area contributed by atoms with Gasteiger partial charge in [-0.05, 0) is 48.0 Å². The fourth-order valence-electron chi connectivity index (χ4n) is 3.68. The van der Waals surface area contributed by atoms with Gasteiger partial charge in [0.05, 0.1) is 16.8 Å². The highest BCUT2D eigenvalue weighted by atomic mass is 19.2. The molecule has 8 heteroatoms. The average molecular weight is 453 g/mol. The number of hydrogen-bond donors (Lipinski definition) is 2. The second kappa shape index (κ2) is 8.67. The Labute approximate surface area is 193 Å². The van der Waals surface area contributed by atoms with Gasteiger partial charge in [0.2, 0.25) is 0 Å². The maximum Gasteiger partial charge on any atom is 0.250 e. The molecule has 0 spiro atoms. The van der Waals surface area contributed by atoms with Crippen molar-refractivity contribution >= 4 is 28.3 Å². The number of pyridine rings is 1. The van der Waals surface area contributed by atoms with Crippen LogP contribution in [0.25, 0.3) is 33.4 Å². The van der Waals surface area contributed by atoms with E-state index in [4.69, 9.17) is 5.73 Å². The molecule has 3 aromatic carbocycles. The van der Waals surface area contributed by atoms with Crippen molar-refractivity contribution in [1.82, 2.24) is 15.0 Å². The topological polar surface area (TPSA) is 93.8 Å². The molecule has 166 valence electrons. The monoisotopic (exact) mass is 453 g/mol. The van der Waals surface area contributed by atoms with Crippen molar-refractivity contribution in [2.24, 2.45) is 5.73 Å². The summed E-state index contributed by atoms with van der Waals surface area (Å²) in [6.07, 6.45) is 3.26. The molecule has 0 bridgehead atoms. The molecule has 3 N–H and O–H groups in total. The molecule has 0 fully saturated rings. The minimum absolute atomic E-state index is 0.122. The molecule has 2 heterocycles. The molecular formula is C26H17F2N5O. The normalized spacial score (nSPS) is 10.9. The minimum atomic E-state index is -0.933. The lowest BCUT2D eigenvalue weighted by Gasteiger charge is -2.14. The van der Waals surface area contributed by atoms with Crippen LogP contribution in [0.3, 0.4) is 0 Å². The van der Waals surface area contributed by atoms with Gasteiger partial charge in [-0.15, -0.1) is 0 Å². The predicted molar refractivity (Wildman–Crippen MR) is 126 cm³/mol. The number of para-hydroxylation sites is 1. The third kappa shape index (κ3) is 3.93. The quantitative estimate of drug-likeness (QED) is 0.368. The number of primary amides is 1. The van der Waals surface area contributed by atoms with Crippen LogP contribution < -0.4 is 11.1 Å². The van der Waals surface area contributed by atoms with Gasteiger partial charge in [0.25, 0.3) is 5.91 Å². The van der Waals surface area contributed by atoms with Gasteiger partial charge in [-0.3, -0.25) is 9.78 Å². The van der Waals surface area contributed by atoms with Gasteiger partial charge in [0.1, 0.15) is 5.82 Å². The summed E-state index contributed by atoms with van der Waals surface area (Å²) in [6.45, 7) is 0. The standard InChI is InChI=1S/C26H17F2N5O/c27-20-8-3-7-17(23(20)28)15-10-11-19-22(13-15)32-25(16-5-4-12-30-14-16)33-26(19)31-21-9-2-1-6-18(21)24(29)34/h1-14H,(H2,29,34)(H,31,32,33). The molecule has 0 aliphatic heterocycles. The van der Waals surface area contributed by atoms with Crippen LogP contribution in [0.4, 0.5) is 20.3 Å². The fraction of sp³-hybridized carbons (Fsp3) is 0. The third-order valence-corrected chi connectivity index (χ3v) is 5.32. The molecule has 0 unspecified atom stereocenters.